The van der Waals surface area contributed by atoms with Crippen molar-refractivity contribution in [3.63, 3.8) is 0 Å². The van der Waals surface area contributed by atoms with Gasteiger partial charge in [-0.3, -0.25) is 24.6 Å². The molecule has 4 rings (SSSR count). The quantitative estimate of drug-likeness (QED) is 0.196. The van der Waals surface area contributed by atoms with E-state index >= 15 is 0 Å². The molecule has 180 valence electrons. The van der Waals surface area contributed by atoms with E-state index in [4.69, 9.17) is 11.6 Å². The Morgan fingerprint density at radius 3 is 2.50 bits per heavy atom. The van der Waals surface area contributed by atoms with E-state index in [0.29, 0.717) is 22.0 Å². The number of benzene rings is 3. The zero-order valence-electron chi connectivity index (χ0n) is 19.0. The first-order chi connectivity index (χ1) is 17.3. The van der Waals surface area contributed by atoms with Crippen molar-refractivity contribution < 1.29 is 14.5 Å². The zero-order chi connectivity index (χ0) is 25.8. The Morgan fingerprint density at radius 1 is 1.17 bits per heavy atom. The molecule has 1 aliphatic heterocycles. The second-order valence-corrected chi connectivity index (χ2v) is 9.63. The lowest BCUT2D eigenvalue weighted by Gasteiger charge is -2.19. The fourth-order valence-electron chi connectivity index (χ4n) is 3.65. The van der Waals surface area contributed by atoms with Gasteiger partial charge in [-0.2, -0.15) is 5.26 Å². The number of aryl methyl sites for hydroxylation is 1. The number of non-ortho nitro benzene ring substituents is 1. The number of carbonyl (C=O) groups is 2. The Hall–Kier alpha value is -4.13. The first kappa shape index (κ1) is 25.0. The summed E-state index contributed by atoms with van der Waals surface area (Å²) >= 11 is 7.00. The summed E-state index contributed by atoms with van der Waals surface area (Å²) in [5.74, 6) is -0.986. The summed E-state index contributed by atoms with van der Waals surface area (Å²) in [4.78, 5) is 38.7. The van der Waals surface area contributed by atoms with Crippen LogP contribution in [0.25, 0.3) is 0 Å². The zero-order valence-corrected chi connectivity index (χ0v) is 20.5. The Bertz CT molecular complexity index is 1420. The molecule has 2 amide bonds. The van der Waals surface area contributed by atoms with Crippen LogP contribution in [0.3, 0.4) is 0 Å². The fourth-order valence-corrected chi connectivity index (χ4v) is 5.09. The molecule has 0 aromatic heterocycles. The van der Waals surface area contributed by atoms with Crippen LogP contribution in [0.1, 0.15) is 11.1 Å². The first-order valence-corrected chi connectivity index (χ1v) is 12.0. The van der Waals surface area contributed by atoms with Gasteiger partial charge < -0.3 is 5.32 Å². The van der Waals surface area contributed by atoms with Crippen LogP contribution in [-0.2, 0) is 16.0 Å². The van der Waals surface area contributed by atoms with Crippen LogP contribution in [0.2, 0.25) is 5.02 Å². The molecule has 1 N–H and O–H groups in total. The molecule has 0 saturated carbocycles. The van der Waals surface area contributed by atoms with Crippen LogP contribution in [0.4, 0.5) is 17.1 Å². The summed E-state index contributed by atoms with van der Waals surface area (Å²) in [7, 11) is 0. The largest absolute Gasteiger partial charge is 0.321 e. The number of nitrogens with one attached hydrogen (secondary N) is 1. The minimum Gasteiger partial charge on any atom is -0.321 e. The van der Waals surface area contributed by atoms with Crippen molar-refractivity contribution in [3.8, 4) is 6.07 Å². The van der Waals surface area contributed by atoms with Gasteiger partial charge in [0.1, 0.15) is 16.7 Å². The summed E-state index contributed by atoms with van der Waals surface area (Å²) in [6.07, 6.45) is 0.189. The number of nitrogens with zero attached hydrogens (tertiary/aromatic N) is 3. The molecule has 3 aromatic carbocycles. The Morgan fingerprint density at radius 2 is 1.86 bits per heavy atom. The maximum absolute atomic E-state index is 13.5. The Balaban J connectivity index is 1.72. The minimum absolute atomic E-state index is 0.0749. The highest BCUT2D eigenvalue weighted by Gasteiger charge is 2.41. The Labute approximate surface area is 216 Å². The van der Waals surface area contributed by atoms with Gasteiger partial charge in [0.25, 0.3) is 11.6 Å². The van der Waals surface area contributed by atoms with E-state index < -0.39 is 16.1 Å². The van der Waals surface area contributed by atoms with Gasteiger partial charge in [-0.15, -0.1) is 0 Å². The van der Waals surface area contributed by atoms with Crippen molar-refractivity contribution in [2.75, 3.05) is 10.2 Å². The molecule has 0 radical (unpaired) electrons. The number of amides is 2. The van der Waals surface area contributed by atoms with E-state index in [-0.39, 0.29) is 28.6 Å². The normalized spacial score (nSPS) is 16.4. The van der Waals surface area contributed by atoms with Crippen molar-refractivity contribution in [1.82, 2.24) is 0 Å². The molecular formula is C26H19ClN4O4S. The van der Waals surface area contributed by atoms with Gasteiger partial charge in [0.15, 0.2) is 0 Å². The Kier molecular flexibility index (Phi) is 7.38. The third-order valence-electron chi connectivity index (χ3n) is 5.44. The summed E-state index contributed by atoms with van der Waals surface area (Å²) in [6, 6.07) is 21.6. The molecule has 1 saturated heterocycles. The second kappa shape index (κ2) is 10.6. The number of carbonyl (C=O) groups excluding carboxylic acids is 2. The second-order valence-electron chi connectivity index (χ2n) is 8.00. The van der Waals surface area contributed by atoms with Crippen molar-refractivity contribution in [2.24, 2.45) is 0 Å². The molecule has 0 spiro atoms. The number of nitro groups is 1. The van der Waals surface area contributed by atoms with E-state index in [2.05, 4.69) is 5.32 Å². The molecule has 1 aliphatic rings. The van der Waals surface area contributed by atoms with Gasteiger partial charge in [0.2, 0.25) is 5.91 Å². The lowest BCUT2D eigenvalue weighted by molar-refractivity contribution is -0.384. The number of thioether (sulfide) groups is 1. The molecule has 8 nitrogen and oxygen atoms in total. The number of rotatable bonds is 6. The summed E-state index contributed by atoms with van der Waals surface area (Å²) in [6.45, 7) is 1.91. The average Bonchev–Trinajstić information content (AvgIpc) is 3.17. The number of nitro benzene ring substituents is 1. The number of anilines is 2. The monoisotopic (exact) mass is 518 g/mol. The predicted molar refractivity (Wildman–Crippen MR) is 140 cm³/mol. The van der Waals surface area contributed by atoms with Crippen LogP contribution in [0.15, 0.2) is 83.4 Å². The molecule has 1 heterocycles. The highest BCUT2D eigenvalue weighted by atomic mass is 35.5. The number of hydrogen-bond acceptors (Lipinski definition) is 6. The standard InChI is InChI=1S/C26H19ClN4O4S/c1-16-5-11-20(12-6-16)30-25(33)23(14-17-3-2-4-21(13-17)31(34)35)36-26(30)22(15-28)24(32)29-19-9-7-18(27)8-10-19/h2-13,23H,14H2,1H3,(H,29,32)/b26-22-. The van der Waals surface area contributed by atoms with Crippen molar-refractivity contribution in [1.29, 1.82) is 5.26 Å². The fraction of sp³-hybridized carbons (Fsp3) is 0.115. The molecule has 0 aliphatic carbocycles. The molecule has 1 atom stereocenters. The van der Waals surface area contributed by atoms with Gasteiger partial charge in [0, 0.05) is 28.5 Å². The van der Waals surface area contributed by atoms with E-state index in [1.807, 2.05) is 25.1 Å². The smallest absolute Gasteiger partial charge is 0.269 e. The number of nitriles is 1. The predicted octanol–water partition coefficient (Wildman–Crippen LogP) is 5.62. The van der Waals surface area contributed by atoms with Crippen LogP contribution in [0, 0.1) is 28.4 Å². The van der Waals surface area contributed by atoms with Crippen LogP contribution in [0.5, 0.6) is 0 Å². The molecule has 1 unspecified atom stereocenters. The molecule has 3 aromatic rings. The summed E-state index contributed by atoms with van der Waals surface area (Å²) in [5.41, 5.74) is 2.25. The molecule has 10 heteroatoms. The van der Waals surface area contributed by atoms with Gasteiger partial charge in [-0.05, 0) is 55.3 Å². The topological polar surface area (TPSA) is 116 Å². The van der Waals surface area contributed by atoms with Gasteiger partial charge in [-0.25, -0.2) is 0 Å². The van der Waals surface area contributed by atoms with Gasteiger partial charge in [0.05, 0.1) is 10.2 Å². The maximum Gasteiger partial charge on any atom is 0.269 e. The molecule has 1 fully saturated rings. The van der Waals surface area contributed by atoms with Crippen LogP contribution < -0.4 is 10.2 Å². The van der Waals surface area contributed by atoms with E-state index in [1.165, 1.54) is 17.0 Å². The SMILES string of the molecule is Cc1ccc(N2C(=O)C(Cc3cccc([N+](=O)[O-])c3)S/C2=C(/C#N)C(=O)Nc2ccc(Cl)cc2)cc1. The van der Waals surface area contributed by atoms with Crippen LogP contribution in [-0.4, -0.2) is 22.0 Å². The maximum atomic E-state index is 13.5. The van der Waals surface area contributed by atoms with E-state index in [9.17, 15) is 25.0 Å². The third kappa shape index (κ3) is 5.40. The number of hydrogen-bond donors (Lipinski definition) is 1. The van der Waals surface area contributed by atoms with Gasteiger partial charge in [-0.1, -0.05) is 53.2 Å². The summed E-state index contributed by atoms with van der Waals surface area (Å²) in [5, 5.41) is 23.8. The average molecular weight is 519 g/mol. The minimum atomic E-state index is -0.685. The third-order valence-corrected chi connectivity index (χ3v) is 6.96. The van der Waals surface area contributed by atoms with E-state index in [0.717, 1.165) is 17.3 Å². The van der Waals surface area contributed by atoms with Crippen molar-refractivity contribution in [2.45, 2.75) is 18.6 Å². The number of halogens is 1. The summed E-state index contributed by atoms with van der Waals surface area (Å²) < 4.78 is 0. The van der Waals surface area contributed by atoms with Crippen molar-refractivity contribution >= 4 is 52.2 Å². The molecule has 0 bridgehead atoms. The molecular weight excluding hydrogens is 500 g/mol. The lowest BCUT2D eigenvalue weighted by Crippen LogP contribution is -2.30. The van der Waals surface area contributed by atoms with Crippen LogP contribution >= 0.6 is 23.4 Å². The highest BCUT2D eigenvalue weighted by molar-refractivity contribution is 8.05. The van der Waals surface area contributed by atoms with Gasteiger partial charge >= 0.3 is 0 Å². The first-order valence-electron chi connectivity index (χ1n) is 10.8. The highest BCUT2D eigenvalue weighted by Crippen LogP contribution is 2.42. The lowest BCUT2D eigenvalue weighted by atomic mass is 10.1. The van der Waals surface area contributed by atoms with Crippen molar-refractivity contribution in [3.05, 3.63) is 110 Å². The van der Waals surface area contributed by atoms with E-state index in [1.54, 1.807) is 48.5 Å². The molecule has 36 heavy (non-hydrogen) atoms.